The summed E-state index contributed by atoms with van der Waals surface area (Å²) in [6.07, 6.45) is 1.70. The minimum absolute atomic E-state index is 0.0431. The summed E-state index contributed by atoms with van der Waals surface area (Å²) in [7, 11) is 0. The molecule has 2 aromatic carbocycles. The molecule has 1 aromatic heterocycles. The van der Waals surface area contributed by atoms with E-state index in [0.717, 1.165) is 15.4 Å². The molecule has 0 saturated carbocycles. The van der Waals surface area contributed by atoms with Crippen LogP contribution in [0.1, 0.15) is 44.3 Å². The molecule has 2 heterocycles. The second kappa shape index (κ2) is 8.27. The number of nitrogens with zero attached hydrogens (tertiary/aromatic N) is 2. The van der Waals surface area contributed by atoms with Crippen molar-refractivity contribution in [3.8, 4) is 0 Å². The second-order valence-electron chi connectivity index (χ2n) is 7.50. The molecule has 0 unspecified atom stereocenters. The van der Waals surface area contributed by atoms with Crippen LogP contribution >= 0.6 is 22.9 Å². The van der Waals surface area contributed by atoms with Crippen LogP contribution in [0.15, 0.2) is 54.6 Å². The monoisotopic (exact) mass is 426 g/mol. The first-order valence-electron chi connectivity index (χ1n) is 9.72. The Morgan fingerprint density at radius 2 is 1.79 bits per heavy atom. The molecule has 6 heteroatoms. The minimum Gasteiger partial charge on any atom is -0.385 e. The topological polar surface area (TPSA) is 53.4 Å². The number of hydrogen-bond donors (Lipinski definition) is 1. The lowest BCUT2D eigenvalue weighted by molar-refractivity contribution is -0.0212. The highest BCUT2D eigenvalue weighted by molar-refractivity contribution is 7.11. The lowest BCUT2D eigenvalue weighted by atomic mass is 9.84. The molecule has 0 bridgehead atoms. The Kier molecular flexibility index (Phi) is 5.72. The molecule has 4 rings (SSSR count). The van der Waals surface area contributed by atoms with Gasteiger partial charge in [-0.3, -0.25) is 4.79 Å². The van der Waals surface area contributed by atoms with Crippen LogP contribution in [0.25, 0.3) is 0 Å². The maximum atomic E-state index is 13.2. The minimum atomic E-state index is -0.924. The Balaban J connectivity index is 1.48. The predicted molar refractivity (Wildman–Crippen MR) is 117 cm³/mol. The molecule has 3 aromatic rings. The number of aliphatic hydroxyl groups is 1. The van der Waals surface area contributed by atoms with Crippen LogP contribution in [-0.4, -0.2) is 34.0 Å². The number of likely N-dealkylation sites (tertiary alicyclic amines) is 1. The van der Waals surface area contributed by atoms with Crippen molar-refractivity contribution in [2.24, 2.45) is 0 Å². The van der Waals surface area contributed by atoms with Gasteiger partial charge in [0, 0.05) is 29.4 Å². The van der Waals surface area contributed by atoms with E-state index in [0.29, 0.717) is 43.1 Å². The summed E-state index contributed by atoms with van der Waals surface area (Å²) in [5.74, 6) is -0.0431. The fourth-order valence-corrected chi connectivity index (χ4v) is 4.90. The van der Waals surface area contributed by atoms with Crippen molar-refractivity contribution in [3.63, 3.8) is 0 Å². The molecule has 1 amide bonds. The highest BCUT2D eigenvalue weighted by atomic mass is 35.5. The summed E-state index contributed by atoms with van der Waals surface area (Å²) in [6.45, 7) is 2.93. The zero-order valence-electron chi connectivity index (χ0n) is 16.3. The van der Waals surface area contributed by atoms with E-state index in [2.05, 4.69) is 17.1 Å². The molecule has 0 radical (unpaired) electrons. The number of piperidine rings is 1. The average Bonchev–Trinajstić information content (AvgIpc) is 3.09. The Bertz CT molecular complexity index is 993. The Labute approximate surface area is 179 Å². The van der Waals surface area contributed by atoms with E-state index in [4.69, 9.17) is 11.6 Å². The fourth-order valence-electron chi connectivity index (χ4n) is 3.82. The molecule has 0 aliphatic carbocycles. The SMILES string of the molecule is Cc1nc(C(=O)N2CCC(O)(c3ccc(Cl)cc3)CC2)c(Cc2ccccc2)s1. The normalized spacial score (nSPS) is 16.0. The van der Waals surface area contributed by atoms with Crippen molar-refractivity contribution in [1.29, 1.82) is 0 Å². The summed E-state index contributed by atoms with van der Waals surface area (Å²) in [5, 5.41) is 12.6. The van der Waals surface area contributed by atoms with Gasteiger partial charge < -0.3 is 10.0 Å². The molecule has 29 heavy (non-hydrogen) atoms. The average molecular weight is 427 g/mol. The molecule has 1 fully saturated rings. The van der Waals surface area contributed by atoms with Crippen molar-refractivity contribution in [3.05, 3.63) is 86.3 Å². The van der Waals surface area contributed by atoms with E-state index in [-0.39, 0.29) is 5.91 Å². The molecule has 1 saturated heterocycles. The van der Waals surface area contributed by atoms with Gasteiger partial charge >= 0.3 is 0 Å². The number of thiazole rings is 1. The second-order valence-corrected chi connectivity index (χ2v) is 9.22. The summed E-state index contributed by atoms with van der Waals surface area (Å²) < 4.78 is 0. The lowest BCUT2D eigenvalue weighted by Crippen LogP contribution is -2.45. The molecule has 4 nitrogen and oxygen atoms in total. The standard InChI is InChI=1S/C23H23ClN2O2S/c1-16-25-21(20(29-16)15-17-5-3-2-4-6-17)22(27)26-13-11-23(28,12-14-26)18-7-9-19(24)10-8-18/h2-10,28H,11-15H2,1H3. The fraction of sp³-hybridized carbons (Fsp3) is 0.304. The van der Waals surface area contributed by atoms with Gasteiger partial charge in [0.15, 0.2) is 0 Å². The van der Waals surface area contributed by atoms with Crippen LogP contribution in [-0.2, 0) is 12.0 Å². The Hall–Kier alpha value is -2.21. The molecule has 1 aliphatic heterocycles. The summed E-state index contributed by atoms with van der Waals surface area (Å²) >= 11 is 7.54. The number of benzene rings is 2. The first kappa shape index (κ1) is 20.1. The number of carbonyl (C=O) groups excluding carboxylic acids is 1. The van der Waals surface area contributed by atoms with Crippen molar-refractivity contribution in [2.75, 3.05) is 13.1 Å². The van der Waals surface area contributed by atoms with Gasteiger partial charge in [0.05, 0.1) is 10.6 Å². The highest BCUT2D eigenvalue weighted by Gasteiger charge is 2.36. The van der Waals surface area contributed by atoms with Gasteiger partial charge in [0.25, 0.3) is 5.91 Å². The Morgan fingerprint density at radius 3 is 2.45 bits per heavy atom. The highest BCUT2D eigenvalue weighted by Crippen LogP contribution is 2.34. The third-order valence-corrected chi connectivity index (χ3v) is 6.70. The van der Waals surface area contributed by atoms with E-state index in [1.54, 1.807) is 23.5 Å². The largest absolute Gasteiger partial charge is 0.385 e. The summed E-state index contributed by atoms with van der Waals surface area (Å²) in [4.78, 5) is 20.5. The number of aryl methyl sites for hydroxylation is 1. The van der Waals surface area contributed by atoms with E-state index >= 15 is 0 Å². The number of rotatable bonds is 4. The number of hydrogen-bond acceptors (Lipinski definition) is 4. The zero-order valence-corrected chi connectivity index (χ0v) is 17.8. The molecule has 150 valence electrons. The van der Waals surface area contributed by atoms with Crippen molar-refractivity contribution < 1.29 is 9.90 Å². The third-order valence-electron chi connectivity index (χ3n) is 5.47. The van der Waals surface area contributed by atoms with E-state index < -0.39 is 5.60 Å². The molecular formula is C23H23ClN2O2S. The van der Waals surface area contributed by atoms with Gasteiger partial charge in [-0.1, -0.05) is 54.1 Å². The first-order valence-corrected chi connectivity index (χ1v) is 10.9. The zero-order chi connectivity index (χ0) is 20.4. The maximum absolute atomic E-state index is 13.2. The number of carbonyl (C=O) groups is 1. The predicted octanol–water partition coefficient (Wildman–Crippen LogP) is 4.82. The number of halogens is 1. The quantitative estimate of drug-likeness (QED) is 0.650. The van der Waals surface area contributed by atoms with Crippen molar-refractivity contribution in [1.82, 2.24) is 9.88 Å². The van der Waals surface area contributed by atoms with Crippen LogP contribution in [0.5, 0.6) is 0 Å². The molecule has 1 N–H and O–H groups in total. The van der Waals surface area contributed by atoms with E-state index in [1.807, 2.05) is 42.2 Å². The first-order chi connectivity index (χ1) is 13.9. The van der Waals surface area contributed by atoms with Crippen LogP contribution < -0.4 is 0 Å². The smallest absolute Gasteiger partial charge is 0.273 e. The van der Waals surface area contributed by atoms with E-state index in [9.17, 15) is 9.90 Å². The third kappa shape index (κ3) is 4.37. The van der Waals surface area contributed by atoms with Gasteiger partial charge in [-0.15, -0.1) is 11.3 Å². The molecule has 1 aliphatic rings. The van der Waals surface area contributed by atoms with Crippen molar-refractivity contribution >= 4 is 28.8 Å². The van der Waals surface area contributed by atoms with Crippen LogP contribution in [0.4, 0.5) is 0 Å². The summed E-state index contributed by atoms with van der Waals surface area (Å²) in [6, 6.07) is 17.4. The van der Waals surface area contributed by atoms with Gasteiger partial charge in [0.2, 0.25) is 0 Å². The van der Waals surface area contributed by atoms with E-state index in [1.165, 1.54) is 5.56 Å². The Morgan fingerprint density at radius 1 is 1.14 bits per heavy atom. The van der Waals surface area contributed by atoms with Crippen LogP contribution in [0.2, 0.25) is 5.02 Å². The van der Waals surface area contributed by atoms with Gasteiger partial charge in [-0.05, 0) is 43.0 Å². The van der Waals surface area contributed by atoms with Crippen LogP contribution in [0.3, 0.4) is 0 Å². The van der Waals surface area contributed by atoms with Crippen LogP contribution in [0, 0.1) is 6.92 Å². The molecule has 0 atom stereocenters. The van der Waals surface area contributed by atoms with Gasteiger partial charge in [-0.2, -0.15) is 0 Å². The lowest BCUT2D eigenvalue weighted by Gasteiger charge is -2.38. The number of amides is 1. The number of aromatic nitrogens is 1. The molecule has 0 spiro atoms. The van der Waals surface area contributed by atoms with Gasteiger partial charge in [0.1, 0.15) is 5.69 Å². The van der Waals surface area contributed by atoms with Crippen molar-refractivity contribution in [2.45, 2.75) is 31.8 Å². The maximum Gasteiger partial charge on any atom is 0.273 e. The summed E-state index contributed by atoms with van der Waals surface area (Å²) in [5.41, 5.74) is 1.64. The van der Waals surface area contributed by atoms with Gasteiger partial charge in [-0.25, -0.2) is 4.98 Å². The molecular weight excluding hydrogens is 404 g/mol.